The molecular formula is C30H37N3O4. The van der Waals surface area contributed by atoms with Crippen LogP contribution in [0.5, 0.6) is 5.75 Å². The monoisotopic (exact) mass is 503 g/mol. The molecule has 7 heteroatoms. The van der Waals surface area contributed by atoms with Crippen molar-refractivity contribution < 1.29 is 19.1 Å². The molecule has 1 aliphatic rings. The van der Waals surface area contributed by atoms with Crippen LogP contribution in [0.4, 0.5) is 5.69 Å². The summed E-state index contributed by atoms with van der Waals surface area (Å²) in [6, 6.07) is 17.4. The lowest BCUT2D eigenvalue weighted by molar-refractivity contribution is -0.122. The summed E-state index contributed by atoms with van der Waals surface area (Å²) in [5.41, 5.74) is 3.24. The Kier molecular flexibility index (Phi) is 9.38. The van der Waals surface area contributed by atoms with Crippen molar-refractivity contribution >= 4 is 17.5 Å². The Balaban J connectivity index is 1.68. The van der Waals surface area contributed by atoms with E-state index in [4.69, 9.17) is 9.47 Å². The SMILES string of the molecule is COCC(=O)N1CCCCCCCCN(C(=O)c2ccc(OC)c(-n3cccc3)c2)Cc2ccccc21. The van der Waals surface area contributed by atoms with Gasteiger partial charge >= 0.3 is 0 Å². The van der Waals surface area contributed by atoms with Gasteiger partial charge < -0.3 is 23.8 Å². The average Bonchev–Trinajstić information content (AvgIpc) is 3.46. The van der Waals surface area contributed by atoms with Gasteiger partial charge in [-0.05, 0) is 54.8 Å². The summed E-state index contributed by atoms with van der Waals surface area (Å²) in [6.45, 7) is 1.76. The Bertz CT molecular complexity index is 1180. The van der Waals surface area contributed by atoms with E-state index in [-0.39, 0.29) is 18.4 Å². The molecule has 0 saturated carbocycles. The third-order valence-electron chi connectivity index (χ3n) is 6.87. The molecule has 0 fully saturated rings. The number of carbonyl (C=O) groups excluding carboxylic acids is 2. The van der Waals surface area contributed by atoms with E-state index in [0.29, 0.717) is 30.9 Å². The highest BCUT2D eigenvalue weighted by Crippen LogP contribution is 2.28. The van der Waals surface area contributed by atoms with Crippen molar-refractivity contribution in [3.05, 3.63) is 78.1 Å². The van der Waals surface area contributed by atoms with Crippen molar-refractivity contribution in [2.75, 3.05) is 38.8 Å². The van der Waals surface area contributed by atoms with Crippen LogP contribution in [-0.2, 0) is 16.1 Å². The highest BCUT2D eigenvalue weighted by molar-refractivity contribution is 5.96. The third-order valence-corrected chi connectivity index (χ3v) is 6.87. The number of anilines is 1. The molecule has 37 heavy (non-hydrogen) atoms. The maximum absolute atomic E-state index is 13.9. The van der Waals surface area contributed by atoms with Crippen LogP contribution in [0, 0.1) is 0 Å². The van der Waals surface area contributed by atoms with Crippen LogP contribution >= 0.6 is 0 Å². The third kappa shape index (κ3) is 6.60. The molecule has 0 unspecified atom stereocenters. The predicted octanol–water partition coefficient (Wildman–Crippen LogP) is 5.46. The predicted molar refractivity (Wildman–Crippen MR) is 145 cm³/mol. The van der Waals surface area contributed by atoms with Gasteiger partial charge in [-0.25, -0.2) is 0 Å². The summed E-state index contributed by atoms with van der Waals surface area (Å²) in [4.78, 5) is 30.7. The van der Waals surface area contributed by atoms with Crippen LogP contribution in [-0.4, -0.2) is 55.2 Å². The first-order valence-electron chi connectivity index (χ1n) is 13.1. The molecule has 196 valence electrons. The molecule has 2 amide bonds. The van der Waals surface area contributed by atoms with Crippen LogP contribution in [0.3, 0.4) is 0 Å². The summed E-state index contributed by atoms with van der Waals surface area (Å²) in [5.74, 6) is 0.611. The van der Waals surface area contributed by atoms with Crippen LogP contribution in [0.15, 0.2) is 67.0 Å². The molecular weight excluding hydrogens is 466 g/mol. The first-order valence-corrected chi connectivity index (χ1v) is 13.1. The normalized spacial score (nSPS) is 15.2. The van der Waals surface area contributed by atoms with Gasteiger partial charge in [-0.1, -0.05) is 43.9 Å². The van der Waals surface area contributed by atoms with Crippen LogP contribution in [0.2, 0.25) is 0 Å². The second kappa shape index (κ2) is 13.1. The van der Waals surface area contributed by atoms with E-state index >= 15 is 0 Å². The summed E-state index contributed by atoms with van der Waals surface area (Å²) < 4.78 is 12.7. The number of nitrogens with zero attached hydrogens (tertiary/aromatic N) is 3. The fraction of sp³-hybridized carbons (Fsp3) is 0.400. The Morgan fingerprint density at radius 3 is 2.24 bits per heavy atom. The number of amides is 2. The second-order valence-electron chi connectivity index (χ2n) is 9.43. The summed E-state index contributed by atoms with van der Waals surface area (Å²) in [6.07, 6.45) is 10.2. The maximum atomic E-state index is 13.9. The molecule has 7 nitrogen and oxygen atoms in total. The minimum atomic E-state index is -0.0609. The van der Waals surface area contributed by atoms with Gasteiger partial charge in [-0.15, -0.1) is 0 Å². The largest absolute Gasteiger partial charge is 0.495 e. The number of hydrogen-bond donors (Lipinski definition) is 0. The Hall–Kier alpha value is -3.58. The minimum absolute atomic E-state index is 0.0319. The Morgan fingerprint density at radius 1 is 0.811 bits per heavy atom. The average molecular weight is 504 g/mol. The number of methoxy groups -OCH3 is 2. The molecule has 0 bridgehead atoms. The molecule has 0 saturated heterocycles. The summed E-state index contributed by atoms with van der Waals surface area (Å²) in [5, 5.41) is 0. The summed E-state index contributed by atoms with van der Waals surface area (Å²) >= 11 is 0. The highest BCUT2D eigenvalue weighted by Gasteiger charge is 2.23. The first-order chi connectivity index (χ1) is 18.1. The van der Waals surface area contributed by atoms with Gasteiger partial charge in [-0.3, -0.25) is 9.59 Å². The number of rotatable bonds is 5. The van der Waals surface area contributed by atoms with E-state index in [0.717, 1.165) is 55.5 Å². The van der Waals surface area contributed by atoms with Crippen LogP contribution < -0.4 is 9.64 Å². The fourth-order valence-electron chi connectivity index (χ4n) is 4.93. The molecule has 1 aliphatic heterocycles. The van der Waals surface area contributed by atoms with Gasteiger partial charge in [0.1, 0.15) is 12.4 Å². The molecule has 0 N–H and O–H groups in total. The number of para-hydroxylation sites is 1. The highest BCUT2D eigenvalue weighted by atomic mass is 16.5. The standard InChI is InChI=1S/C30H37N3O4/c1-36-23-29(34)33-20-10-6-4-3-5-9-19-32(22-25-13-7-8-14-26(25)33)30(35)24-15-16-28(37-2)27(21-24)31-17-11-12-18-31/h7-8,11-18,21H,3-6,9-10,19-20,22-23H2,1-2H3. The minimum Gasteiger partial charge on any atom is -0.495 e. The molecule has 2 aromatic carbocycles. The number of hydrogen-bond acceptors (Lipinski definition) is 4. The second-order valence-corrected chi connectivity index (χ2v) is 9.43. The molecule has 3 aromatic rings. The van der Waals surface area contributed by atoms with Crippen molar-refractivity contribution in [2.24, 2.45) is 0 Å². The van der Waals surface area contributed by atoms with Crippen LogP contribution in [0.1, 0.15) is 54.4 Å². The Morgan fingerprint density at radius 2 is 1.51 bits per heavy atom. The number of ether oxygens (including phenoxy) is 2. The van der Waals surface area contributed by atoms with Crippen molar-refractivity contribution in [1.29, 1.82) is 0 Å². The summed E-state index contributed by atoms with van der Waals surface area (Å²) in [7, 11) is 3.18. The van der Waals surface area contributed by atoms with Crippen molar-refractivity contribution in [1.82, 2.24) is 9.47 Å². The van der Waals surface area contributed by atoms with E-state index in [2.05, 4.69) is 0 Å². The van der Waals surface area contributed by atoms with Gasteiger partial charge in [-0.2, -0.15) is 0 Å². The zero-order chi connectivity index (χ0) is 26.0. The van der Waals surface area contributed by atoms with E-state index in [9.17, 15) is 9.59 Å². The zero-order valence-electron chi connectivity index (χ0n) is 21.9. The molecule has 4 rings (SSSR count). The zero-order valence-corrected chi connectivity index (χ0v) is 21.9. The van der Waals surface area contributed by atoms with Gasteiger partial charge in [0.15, 0.2) is 0 Å². The van der Waals surface area contributed by atoms with Crippen molar-refractivity contribution in [3.63, 3.8) is 0 Å². The molecule has 2 heterocycles. The molecule has 0 atom stereocenters. The lowest BCUT2D eigenvalue weighted by Gasteiger charge is -2.28. The Labute approximate surface area is 219 Å². The lowest BCUT2D eigenvalue weighted by Crippen LogP contribution is -2.37. The molecule has 0 radical (unpaired) electrons. The topological polar surface area (TPSA) is 64.0 Å². The van der Waals surface area contributed by atoms with E-state index in [1.165, 1.54) is 0 Å². The van der Waals surface area contributed by atoms with Gasteiger partial charge in [0.05, 0.1) is 12.8 Å². The number of carbonyl (C=O) groups is 2. The van der Waals surface area contributed by atoms with Gasteiger partial charge in [0, 0.05) is 50.4 Å². The number of benzene rings is 2. The first kappa shape index (κ1) is 26.5. The van der Waals surface area contributed by atoms with E-state index in [1.807, 2.05) is 81.4 Å². The van der Waals surface area contributed by atoms with Gasteiger partial charge in [0.2, 0.25) is 0 Å². The maximum Gasteiger partial charge on any atom is 0.254 e. The number of aromatic nitrogens is 1. The van der Waals surface area contributed by atoms with Crippen molar-refractivity contribution in [2.45, 2.75) is 45.1 Å². The smallest absolute Gasteiger partial charge is 0.254 e. The number of fused-ring (bicyclic) bond motifs is 1. The van der Waals surface area contributed by atoms with Crippen molar-refractivity contribution in [3.8, 4) is 11.4 Å². The fourth-order valence-corrected chi connectivity index (χ4v) is 4.93. The van der Waals surface area contributed by atoms with Gasteiger partial charge in [0.25, 0.3) is 11.8 Å². The van der Waals surface area contributed by atoms with E-state index in [1.54, 1.807) is 14.2 Å². The molecule has 0 spiro atoms. The molecule has 1 aromatic heterocycles. The molecule has 0 aliphatic carbocycles. The van der Waals surface area contributed by atoms with E-state index < -0.39 is 0 Å². The lowest BCUT2D eigenvalue weighted by atomic mass is 10.1. The van der Waals surface area contributed by atoms with Crippen LogP contribution in [0.25, 0.3) is 5.69 Å². The quantitative estimate of drug-likeness (QED) is 0.464.